The van der Waals surface area contributed by atoms with Crippen molar-refractivity contribution in [1.29, 1.82) is 0 Å². The first-order valence-electron chi connectivity index (χ1n) is 7.47. The van der Waals surface area contributed by atoms with E-state index in [1.165, 1.54) is 0 Å². The van der Waals surface area contributed by atoms with Crippen molar-refractivity contribution < 1.29 is 4.74 Å². The lowest BCUT2D eigenvalue weighted by atomic mass is 10.3. The number of rotatable bonds is 1. The average Bonchev–Trinajstić information content (AvgIpc) is 2.52. The standard InChI is InChI=1S/C16H25N5O/c1-19(2)16(20(3)4)18-15(21-10-12-22-13-11-21)17-14-8-6-5-7-9-14/h5-9H,10-13H2,1-4H3/b17-15+. The Morgan fingerprint density at radius 1 is 1.00 bits per heavy atom. The summed E-state index contributed by atoms with van der Waals surface area (Å²) in [5.41, 5.74) is 0.907. The van der Waals surface area contributed by atoms with Crippen molar-refractivity contribution in [3.8, 4) is 0 Å². The fourth-order valence-electron chi connectivity index (χ4n) is 2.24. The fraction of sp³-hybridized carbons (Fsp3) is 0.500. The van der Waals surface area contributed by atoms with E-state index in [2.05, 4.69) is 4.90 Å². The highest BCUT2D eigenvalue weighted by Gasteiger charge is 2.17. The smallest absolute Gasteiger partial charge is 0.229 e. The van der Waals surface area contributed by atoms with Gasteiger partial charge in [-0.1, -0.05) is 18.2 Å². The molecule has 6 heteroatoms. The molecule has 0 amide bonds. The Hall–Kier alpha value is -2.08. The topological polar surface area (TPSA) is 43.7 Å². The van der Waals surface area contributed by atoms with Gasteiger partial charge in [-0.2, -0.15) is 4.99 Å². The molecule has 120 valence electrons. The van der Waals surface area contributed by atoms with E-state index >= 15 is 0 Å². The van der Waals surface area contributed by atoms with Gasteiger partial charge >= 0.3 is 0 Å². The van der Waals surface area contributed by atoms with E-state index in [0.717, 1.165) is 30.7 Å². The third-order valence-corrected chi connectivity index (χ3v) is 3.28. The van der Waals surface area contributed by atoms with Crippen LogP contribution in [0.15, 0.2) is 40.3 Å². The van der Waals surface area contributed by atoms with Gasteiger partial charge in [0.1, 0.15) is 0 Å². The number of hydrogen-bond donors (Lipinski definition) is 0. The summed E-state index contributed by atoms with van der Waals surface area (Å²) in [7, 11) is 7.94. The number of morpholine rings is 1. The molecule has 0 saturated carbocycles. The van der Waals surface area contributed by atoms with Gasteiger partial charge in [0.05, 0.1) is 18.9 Å². The van der Waals surface area contributed by atoms with Crippen molar-refractivity contribution >= 4 is 17.6 Å². The van der Waals surface area contributed by atoms with E-state index in [-0.39, 0.29) is 0 Å². The molecule has 0 atom stereocenters. The van der Waals surface area contributed by atoms with Gasteiger partial charge in [0, 0.05) is 41.3 Å². The van der Waals surface area contributed by atoms with Crippen LogP contribution in [0.5, 0.6) is 0 Å². The summed E-state index contributed by atoms with van der Waals surface area (Å²) in [4.78, 5) is 15.7. The Kier molecular flexibility index (Phi) is 5.77. The maximum atomic E-state index is 5.43. The molecule has 0 spiro atoms. The quantitative estimate of drug-likeness (QED) is 0.582. The first-order chi connectivity index (χ1) is 10.6. The molecule has 1 saturated heterocycles. The second-order valence-electron chi connectivity index (χ2n) is 5.55. The highest BCUT2D eigenvalue weighted by atomic mass is 16.5. The number of guanidine groups is 2. The summed E-state index contributed by atoms with van der Waals surface area (Å²) in [5, 5.41) is 0. The molecule has 1 aliphatic heterocycles. The van der Waals surface area contributed by atoms with Crippen LogP contribution in [0, 0.1) is 0 Å². The zero-order chi connectivity index (χ0) is 15.9. The van der Waals surface area contributed by atoms with Crippen LogP contribution in [0.3, 0.4) is 0 Å². The van der Waals surface area contributed by atoms with E-state index in [1.54, 1.807) is 0 Å². The monoisotopic (exact) mass is 303 g/mol. The maximum Gasteiger partial charge on any atom is 0.229 e. The molecule has 0 N–H and O–H groups in total. The Bertz CT molecular complexity index is 509. The van der Waals surface area contributed by atoms with Crippen LogP contribution in [0.2, 0.25) is 0 Å². The highest BCUT2D eigenvalue weighted by molar-refractivity contribution is 5.95. The van der Waals surface area contributed by atoms with Crippen LogP contribution in [-0.4, -0.2) is 81.1 Å². The predicted molar refractivity (Wildman–Crippen MR) is 90.7 cm³/mol. The number of aliphatic imine (C=N–C) groups is 2. The molecule has 0 aromatic heterocycles. The lowest BCUT2D eigenvalue weighted by Gasteiger charge is -2.29. The summed E-state index contributed by atoms with van der Waals surface area (Å²) in [5.74, 6) is 1.59. The van der Waals surface area contributed by atoms with E-state index in [1.807, 2.05) is 68.3 Å². The zero-order valence-electron chi connectivity index (χ0n) is 13.9. The number of ether oxygens (including phenoxy) is 1. The minimum atomic E-state index is 0.711. The largest absolute Gasteiger partial charge is 0.378 e. The van der Waals surface area contributed by atoms with Gasteiger partial charge in [-0.25, -0.2) is 4.99 Å². The summed E-state index contributed by atoms with van der Waals surface area (Å²) in [6, 6.07) is 9.93. The van der Waals surface area contributed by atoms with Gasteiger partial charge in [-0.05, 0) is 12.1 Å². The first-order valence-corrected chi connectivity index (χ1v) is 7.47. The zero-order valence-corrected chi connectivity index (χ0v) is 13.9. The number of nitrogens with zero attached hydrogens (tertiary/aromatic N) is 5. The highest BCUT2D eigenvalue weighted by Crippen LogP contribution is 2.13. The molecule has 1 fully saturated rings. The number of para-hydroxylation sites is 1. The SMILES string of the molecule is CN(C)C(=N/C(=N\c1ccccc1)N1CCOCC1)N(C)C. The van der Waals surface area contributed by atoms with Crippen molar-refractivity contribution in [2.24, 2.45) is 9.98 Å². The summed E-state index contributed by atoms with van der Waals surface area (Å²) in [6.45, 7) is 3.04. The normalized spacial score (nSPS) is 15.5. The summed E-state index contributed by atoms with van der Waals surface area (Å²) >= 11 is 0. The molecule has 2 rings (SSSR count). The molecule has 1 aliphatic rings. The van der Waals surface area contributed by atoms with Crippen LogP contribution in [0.4, 0.5) is 5.69 Å². The molecule has 0 aliphatic carbocycles. The Labute approximate surface area is 132 Å². The summed E-state index contributed by atoms with van der Waals surface area (Å²) < 4.78 is 5.43. The van der Waals surface area contributed by atoms with Gasteiger partial charge in [-0.15, -0.1) is 0 Å². The molecule has 0 unspecified atom stereocenters. The van der Waals surface area contributed by atoms with Crippen molar-refractivity contribution in [3.05, 3.63) is 30.3 Å². The van der Waals surface area contributed by atoms with Crippen LogP contribution in [0.1, 0.15) is 0 Å². The van der Waals surface area contributed by atoms with Gasteiger partial charge in [-0.3, -0.25) is 0 Å². The van der Waals surface area contributed by atoms with Crippen molar-refractivity contribution in [2.45, 2.75) is 0 Å². The molecule has 1 aromatic carbocycles. The van der Waals surface area contributed by atoms with Crippen LogP contribution < -0.4 is 0 Å². The summed E-state index contributed by atoms with van der Waals surface area (Å²) in [6.07, 6.45) is 0. The van der Waals surface area contributed by atoms with Gasteiger partial charge in [0.15, 0.2) is 0 Å². The molecule has 1 heterocycles. The van der Waals surface area contributed by atoms with Gasteiger partial charge < -0.3 is 19.4 Å². The lowest BCUT2D eigenvalue weighted by molar-refractivity contribution is 0.0675. The molecular weight excluding hydrogens is 278 g/mol. The third-order valence-electron chi connectivity index (χ3n) is 3.28. The third kappa shape index (κ3) is 4.46. The minimum Gasteiger partial charge on any atom is -0.378 e. The van der Waals surface area contributed by atoms with Gasteiger partial charge in [0.25, 0.3) is 0 Å². The molecule has 0 bridgehead atoms. The van der Waals surface area contributed by atoms with Crippen LogP contribution >= 0.6 is 0 Å². The fourth-order valence-corrected chi connectivity index (χ4v) is 2.24. The molecule has 1 aromatic rings. The molecule has 0 radical (unpaired) electrons. The van der Waals surface area contributed by atoms with Crippen molar-refractivity contribution in [2.75, 3.05) is 54.5 Å². The van der Waals surface area contributed by atoms with E-state index in [0.29, 0.717) is 13.2 Å². The minimum absolute atomic E-state index is 0.711. The average molecular weight is 303 g/mol. The van der Waals surface area contributed by atoms with Crippen LogP contribution in [0.25, 0.3) is 0 Å². The Morgan fingerprint density at radius 2 is 1.59 bits per heavy atom. The van der Waals surface area contributed by atoms with E-state index < -0.39 is 0 Å². The Morgan fingerprint density at radius 3 is 2.14 bits per heavy atom. The molecule has 6 nitrogen and oxygen atoms in total. The van der Waals surface area contributed by atoms with E-state index in [9.17, 15) is 0 Å². The number of hydrogen-bond acceptors (Lipinski definition) is 2. The van der Waals surface area contributed by atoms with Crippen molar-refractivity contribution in [3.63, 3.8) is 0 Å². The Balaban J connectivity index is 2.36. The number of benzene rings is 1. The van der Waals surface area contributed by atoms with Gasteiger partial charge in [0.2, 0.25) is 11.9 Å². The molecular formula is C16H25N5O. The maximum absolute atomic E-state index is 5.43. The van der Waals surface area contributed by atoms with Crippen LogP contribution in [-0.2, 0) is 4.74 Å². The second-order valence-corrected chi connectivity index (χ2v) is 5.55. The second kappa shape index (κ2) is 7.79. The van der Waals surface area contributed by atoms with Crippen molar-refractivity contribution in [1.82, 2.24) is 14.7 Å². The molecule has 22 heavy (non-hydrogen) atoms. The van der Waals surface area contributed by atoms with E-state index in [4.69, 9.17) is 14.7 Å². The predicted octanol–water partition coefficient (Wildman–Crippen LogP) is 1.49. The lowest BCUT2D eigenvalue weighted by Crippen LogP contribution is -2.43. The first kappa shape index (κ1) is 16.3.